The number of aromatic nitrogens is 2. The van der Waals surface area contributed by atoms with Crippen molar-refractivity contribution in [2.45, 2.75) is 49.1 Å². The molecule has 1 aromatic carbocycles. The minimum Gasteiger partial charge on any atom is -0.469 e. The number of carbonyl (C=O) groups excluding carboxylic acids is 1. The summed E-state index contributed by atoms with van der Waals surface area (Å²) in [6.45, 7) is 6.98. The molecule has 0 fully saturated rings. The minimum absolute atomic E-state index is 0.129. The summed E-state index contributed by atoms with van der Waals surface area (Å²) in [5.74, 6) is 0.702. The standard InChI is InChI=1S/C19H22N4O5S2/c1-11(2)23-30(25,26)15-7-5-14(6-8-15)20-17(24)13(4)29-19-22-21-18(28-19)16-9-10-27-12(16)3/h5-11,13,23H,1-4H3,(H,20,24). The second-order valence-corrected chi connectivity index (χ2v) is 9.82. The molecule has 2 heterocycles. The van der Waals surface area contributed by atoms with Gasteiger partial charge in [0.25, 0.3) is 11.1 Å². The van der Waals surface area contributed by atoms with Gasteiger partial charge < -0.3 is 14.2 Å². The van der Waals surface area contributed by atoms with Crippen molar-refractivity contribution in [1.82, 2.24) is 14.9 Å². The van der Waals surface area contributed by atoms with Gasteiger partial charge in [0.2, 0.25) is 15.9 Å². The lowest BCUT2D eigenvalue weighted by Gasteiger charge is -2.12. The van der Waals surface area contributed by atoms with E-state index in [2.05, 4.69) is 20.2 Å². The highest BCUT2D eigenvalue weighted by Gasteiger charge is 2.20. The predicted octanol–water partition coefficient (Wildman–Crippen LogP) is 3.44. The Kier molecular flexibility index (Phi) is 6.64. The number of thioether (sulfide) groups is 1. The van der Waals surface area contributed by atoms with Crippen LogP contribution in [0.2, 0.25) is 0 Å². The Morgan fingerprint density at radius 2 is 1.80 bits per heavy atom. The van der Waals surface area contributed by atoms with Gasteiger partial charge in [-0.1, -0.05) is 11.8 Å². The second kappa shape index (κ2) is 9.02. The number of nitrogens with zero attached hydrogens (tertiary/aromatic N) is 2. The van der Waals surface area contributed by atoms with Gasteiger partial charge in [-0.2, -0.15) is 0 Å². The monoisotopic (exact) mass is 450 g/mol. The van der Waals surface area contributed by atoms with E-state index in [1.165, 1.54) is 30.5 Å². The number of furan rings is 1. The SMILES string of the molecule is Cc1occc1-c1nnc(SC(C)C(=O)Nc2ccc(S(=O)(=O)NC(C)C)cc2)o1. The van der Waals surface area contributed by atoms with E-state index in [1.807, 2.05) is 0 Å². The third kappa shape index (κ3) is 5.29. The summed E-state index contributed by atoms with van der Waals surface area (Å²) < 4.78 is 37.7. The van der Waals surface area contributed by atoms with Crippen LogP contribution < -0.4 is 10.0 Å². The number of hydrogen-bond acceptors (Lipinski definition) is 8. The maximum atomic E-state index is 12.5. The normalized spacial score (nSPS) is 12.8. The number of sulfonamides is 1. The fourth-order valence-electron chi connectivity index (χ4n) is 2.52. The largest absolute Gasteiger partial charge is 0.469 e. The molecule has 3 aromatic rings. The van der Waals surface area contributed by atoms with Gasteiger partial charge in [-0.05, 0) is 58.0 Å². The van der Waals surface area contributed by atoms with Gasteiger partial charge in [0.05, 0.1) is 22.0 Å². The summed E-state index contributed by atoms with van der Waals surface area (Å²) in [5, 5.41) is 10.4. The maximum Gasteiger partial charge on any atom is 0.277 e. The van der Waals surface area contributed by atoms with Gasteiger partial charge in [-0.25, -0.2) is 13.1 Å². The smallest absolute Gasteiger partial charge is 0.277 e. The molecule has 1 atom stereocenters. The Hall–Kier alpha value is -2.63. The Bertz CT molecular complexity index is 1120. The van der Waals surface area contributed by atoms with Crippen molar-refractivity contribution in [2.24, 2.45) is 0 Å². The van der Waals surface area contributed by atoms with Crippen LogP contribution in [0.5, 0.6) is 0 Å². The van der Waals surface area contributed by atoms with E-state index in [0.29, 0.717) is 22.9 Å². The van der Waals surface area contributed by atoms with Crippen LogP contribution in [0.4, 0.5) is 5.69 Å². The topological polar surface area (TPSA) is 127 Å². The average molecular weight is 451 g/mol. The lowest BCUT2D eigenvalue weighted by atomic mass is 10.3. The maximum absolute atomic E-state index is 12.5. The van der Waals surface area contributed by atoms with Crippen LogP contribution in [0.3, 0.4) is 0 Å². The van der Waals surface area contributed by atoms with Gasteiger partial charge in [0.15, 0.2) is 0 Å². The van der Waals surface area contributed by atoms with Crippen molar-refractivity contribution in [2.75, 3.05) is 5.32 Å². The molecule has 0 radical (unpaired) electrons. The third-order valence-corrected chi connectivity index (χ3v) is 6.57. The van der Waals surface area contributed by atoms with Crippen LogP contribution >= 0.6 is 11.8 Å². The van der Waals surface area contributed by atoms with Crippen LogP contribution in [0.15, 0.2) is 55.5 Å². The van der Waals surface area contributed by atoms with Gasteiger partial charge >= 0.3 is 0 Å². The molecule has 1 unspecified atom stereocenters. The van der Waals surface area contributed by atoms with Crippen LogP contribution in [0.1, 0.15) is 26.5 Å². The summed E-state index contributed by atoms with van der Waals surface area (Å²) >= 11 is 1.12. The highest BCUT2D eigenvalue weighted by atomic mass is 32.2. The number of anilines is 1. The van der Waals surface area contributed by atoms with E-state index in [-0.39, 0.29) is 22.1 Å². The molecule has 0 aliphatic rings. The molecule has 0 saturated carbocycles. The van der Waals surface area contributed by atoms with Crippen LogP contribution in [0.25, 0.3) is 11.5 Å². The van der Waals surface area contributed by atoms with Gasteiger partial charge in [0, 0.05) is 11.7 Å². The van der Waals surface area contributed by atoms with Crippen LogP contribution in [-0.4, -0.2) is 35.8 Å². The van der Waals surface area contributed by atoms with E-state index in [1.54, 1.807) is 33.8 Å². The summed E-state index contributed by atoms with van der Waals surface area (Å²) in [7, 11) is -3.58. The predicted molar refractivity (Wildman–Crippen MR) is 113 cm³/mol. The van der Waals surface area contributed by atoms with E-state index in [0.717, 1.165) is 11.8 Å². The third-order valence-electron chi connectivity index (χ3n) is 3.97. The van der Waals surface area contributed by atoms with E-state index >= 15 is 0 Å². The number of benzene rings is 1. The zero-order chi connectivity index (χ0) is 21.9. The molecule has 3 rings (SSSR count). The fraction of sp³-hybridized carbons (Fsp3) is 0.316. The zero-order valence-corrected chi connectivity index (χ0v) is 18.5. The molecule has 0 saturated heterocycles. The summed E-state index contributed by atoms with van der Waals surface area (Å²) in [4.78, 5) is 12.6. The first-order valence-electron chi connectivity index (χ1n) is 9.13. The van der Waals surface area contributed by atoms with Gasteiger partial charge in [-0.3, -0.25) is 4.79 Å². The highest BCUT2D eigenvalue weighted by Crippen LogP contribution is 2.28. The number of rotatable bonds is 8. The molecule has 0 aliphatic carbocycles. The number of nitrogens with one attached hydrogen (secondary N) is 2. The molecule has 30 heavy (non-hydrogen) atoms. The molecule has 1 amide bonds. The Morgan fingerprint density at radius 1 is 1.10 bits per heavy atom. The molecule has 0 spiro atoms. The molecular formula is C19H22N4O5S2. The summed E-state index contributed by atoms with van der Waals surface area (Å²) in [5.41, 5.74) is 1.18. The summed E-state index contributed by atoms with van der Waals surface area (Å²) in [6, 6.07) is 7.47. The fourth-order valence-corrected chi connectivity index (χ4v) is 4.45. The van der Waals surface area contributed by atoms with Crippen molar-refractivity contribution in [3.8, 4) is 11.5 Å². The quantitative estimate of drug-likeness (QED) is 0.500. The first kappa shape index (κ1) is 22.1. The van der Waals surface area contributed by atoms with Crippen molar-refractivity contribution in [3.63, 3.8) is 0 Å². The minimum atomic E-state index is -3.58. The molecule has 0 bridgehead atoms. The Morgan fingerprint density at radius 3 is 2.40 bits per heavy atom. The van der Waals surface area contributed by atoms with Crippen molar-refractivity contribution in [1.29, 1.82) is 0 Å². The number of aryl methyl sites for hydroxylation is 1. The second-order valence-electron chi connectivity index (χ2n) is 6.81. The molecular weight excluding hydrogens is 428 g/mol. The number of amides is 1. The first-order valence-corrected chi connectivity index (χ1v) is 11.5. The number of hydrogen-bond donors (Lipinski definition) is 2. The average Bonchev–Trinajstić information content (AvgIpc) is 3.29. The molecule has 9 nitrogen and oxygen atoms in total. The zero-order valence-electron chi connectivity index (χ0n) is 16.9. The van der Waals surface area contributed by atoms with Crippen LogP contribution in [0, 0.1) is 6.92 Å². The van der Waals surface area contributed by atoms with E-state index < -0.39 is 15.3 Å². The molecule has 2 N–H and O–H groups in total. The van der Waals surface area contributed by atoms with Crippen molar-refractivity contribution in [3.05, 3.63) is 42.4 Å². The lowest BCUT2D eigenvalue weighted by Crippen LogP contribution is -2.30. The first-order chi connectivity index (χ1) is 14.2. The molecule has 0 aliphatic heterocycles. The van der Waals surface area contributed by atoms with Gasteiger partial charge in [-0.15, -0.1) is 10.2 Å². The molecule has 160 valence electrons. The summed E-state index contributed by atoms with van der Waals surface area (Å²) in [6.07, 6.45) is 1.53. The number of carbonyl (C=O) groups is 1. The lowest BCUT2D eigenvalue weighted by molar-refractivity contribution is -0.115. The van der Waals surface area contributed by atoms with Gasteiger partial charge in [0.1, 0.15) is 5.76 Å². The van der Waals surface area contributed by atoms with Crippen LogP contribution in [-0.2, 0) is 14.8 Å². The van der Waals surface area contributed by atoms with Crippen molar-refractivity contribution >= 4 is 33.4 Å². The Balaban J connectivity index is 1.61. The molecule has 2 aromatic heterocycles. The highest BCUT2D eigenvalue weighted by molar-refractivity contribution is 8.00. The molecule has 11 heteroatoms. The van der Waals surface area contributed by atoms with Crippen molar-refractivity contribution < 1.29 is 22.0 Å². The van der Waals surface area contributed by atoms with E-state index in [9.17, 15) is 13.2 Å². The Labute approximate surface area is 178 Å². The van der Waals surface area contributed by atoms with E-state index in [4.69, 9.17) is 8.83 Å².